The summed E-state index contributed by atoms with van der Waals surface area (Å²) in [5, 5.41) is 3.46. The number of hydrogen-bond acceptors (Lipinski definition) is 2. The van der Waals surface area contributed by atoms with Gasteiger partial charge in [0.2, 0.25) is 0 Å². The number of anilines is 1. The second-order valence-electron chi connectivity index (χ2n) is 5.11. The normalized spacial score (nSPS) is 16.1. The number of methoxy groups -OCH3 is 1. The Morgan fingerprint density at radius 3 is 3.12 bits per heavy atom. The molecular weight excluding hydrogens is 210 g/mol. The Labute approximate surface area is 104 Å². The van der Waals surface area contributed by atoms with Gasteiger partial charge in [0, 0.05) is 25.9 Å². The maximum Gasteiger partial charge on any atom is 0.0464 e. The van der Waals surface area contributed by atoms with Gasteiger partial charge in [-0.1, -0.05) is 19.1 Å². The Morgan fingerprint density at radius 1 is 1.41 bits per heavy atom. The first-order valence-corrected chi connectivity index (χ1v) is 6.64. The number of rotatable bonds is 5. The highest BCUT2D eigenvalue weighted by atomic mass is 16.5. The summed E-state index contributed by atoms with van der Waals surface area (Å²) in [5.74, 6) is 0.699. The third-order valence-electron chi connectivity index (χ3n) is 3.51. The monoisotopic (exact) mass is 233 g/mol. The van der Waals surface area contributed by atoms with E-state index in [0.717, 1.165) is 26.0 Å². The molecule has 0 saturated heterocycles. The number of aryl methyl sites for hydroxylation is 1. The van der Waals surface area contributed by atoms with Gasteiger partial charge in [0.05, 0.1) is 0 Å². The van der Waals surface area contributed by atoms with Crippen LogP contribution in [0.4, 0.5) is 5.69 Å². The first-order valence-electron chi connectivity index (χ1n) is 6.64. The lowest BCUT2D eigenvalue weighted by molar-refractivity contribution is 0.180. The van der Waals surface area contributed by atoms with Gasteiger partial charge in [-0.3, -0.25) is 0 Å². The zero-order valence-electron chi connectivity index (χ0n) is 11.0. The third kappa shape index (κ3) is 3.47. The zero-order chi connectivity index (χ0) is 12.1. The van der Waals surface area contributed by atoms with Crippen LogP contribution in [-0.2, 0) is 17.6 Å². The molecule has 0 saturated carbocycles. The SMILES string of the molecule is COCCC(C)Cc1ccc2c(c1)CCCN2. The highest BCUT2D eigenvalue weighted by Gasteiger charge is 2.10. The molecule has 2 nitrogen and oxygen atoms in total. The van der Waals surface area contributed by atoms with Gasteiger partial charge >= 0.3 is 0 Å². The number of ether oxygens (including phenoxy) is 1. The quantitative estimate of drug-likeness (QED) is 0.843. The zero-order valence-corrected chi connectivity index (χ0v) is 11.0. The molecule has 1 atom stereocenters. The number of nitrogens with one attached hydrogen (secondary N) is 1. The molecule has 2 rings (SSSR count). The molecule has 0 bridgehead atoms. The van der Waals surface area contributed by atoms with Crippen LogP contribution in [0.5, 0.6) is 0 Å². The van der Waals surface area contributed by atoms with Gasteiger partial charge in [-0.2, -0.15) is 0 Å². The molecule has 1 aliphatic heterocycles. The van der Waals surface area contributed by atoms with Gasteiger partial charge in [-0.15, -0.1) is 0 Å². The highest BCUT2D eigenvalue weighted by Crippen LogP contribution is 2.24. The molecule has 2 heteroatoms. The lowest BCUT2D eigenvalue weighted by atomic mass is 9.94. The fraction of sp³-hybridized carbons (Fsp3) is 0.600. The summed E-state index contributed by atoms with van der Waals surface area (Å²) in [6.07, 6.45) is 4.79. The van der Waals surface area contributed by atoms with Crippen LogP contribution < -0.4 is 5.32 Å². The van der Waals surface area contributed by atoms with Gasteiger partial charge in [0.15, 0.2) is 0 Å². The van der Waals surface area contributed by atoms with Gasteiger partial charge in [-0.05, 0) is 48.8 Å². The fourth-order valence-corrected chi connectivity index (χ4v) is 2.48. The van der Waals surface area contributed by atoms with Crippen LogP contribution in [0.1, 0.15) is 30.9 Å². The summed E-state index contributed by atoms with van der Waals surface area (Å²) in [6, 6.07) is 6.89. The molecule has 94 valence electrons. The molecule has 1 N–H and O–H groups in total. The van der Waals surface area contributed by atoms with Crippen LogP contribution in [0.2, 0.25) is 0 Å². The van der Waals surface area contributed by atoms with Crippen LogP contribution in [0.15, 0.2) is 18.2 Å². The van der Waals surface area contributed by atoms with E-state index in [0.29, 0.717) is 5.92 Å². The van der Waals surface area contributed by atoms with Crippen molar-refractivity contribution in [2.45, 2.75) is 32.6 Å². The predicted molar refractivity (Wildman–Crippen MR) is 72.6 cm³/mol. The van der Waals surface area contributed by atoms with E-state index in [1.54, 1.807) is 7.11 Å². The van der Waals surface area contributed by atoms with E-state index in [4.69, 9.17) is 4.74 Å². The Bertz CT molecular complexity index is 362. The molecule has 0 aliphatic carbocycles. The summed E-state index contributed by atoms with van der Waals surface area (Å²) < 4.78 is 5.13. The Hall–Kier alpha value is -1.02. The van der Waals surface area contributed by atoms with Crippen molar-refractivity contribution >= 4 is 5.69 Å². The fourth-order valence-electron chi connectivity index (χ4n) is 2.48. The van der Waals surface area contributed by atoms with E-state index in [1.807, 2.05) is 0 Å². The molecule has 1 aliphatic rings. The second kappa shape index (κ2) is 6.06. The summed E-state index contributed by atoms with van der Waals surface area (Å²) >= 11 is 0. The molecule has 0 fully saturated rings. The smallest absolute Gasteiger partial charge is 0.0464 e. The highest BCUT2D eigenvalue weighted by molar-refractivity contribution is 5.54. The van der Waals surface area contributed by atoms with Crippen molar-refractivity contribution in [2.24, 2.45) is 5.92 Å². The molecule has 1 heterocycles. The van der Waals surface area contributed by atoms with Crippen molar-refractivity contribution < 1.29 is 4.74 Å². The van der Waals surface area contributed by atoms with Gasteiger partial charge in [0.1, 0.15) is 0 Å². The molecule has 0 radical (unpaired) electrons. The number of benzene rings is 1. The van der Waals surface area contributed by atoms with Crippen LogP contribution >= 0.6 is 0 Å². The Morgan fingerprint density at radius 2 is 2.29 bits per heavy atom. The van der Waals surface area contributed by atoms with Gasteiger partial charge in [-0.25, -0.2) is 0 Å². The van der Waals surface area contributed by atoms with Crippen molar-refractivity contribution in [1.29, 1.82) is 0 Å². The molecule has 1 aromatic rings. The first-order chi connectivity index (χ1) is 8.29. The summed E-state index contributed by atoms with van der Waals surface area (Å²) in [4.78, 5) is 0. The van der Waals surface area contributed by atoms with E-state index in [-0.39, 0.29) is 0 Å². The van der Waals surface area contributed by atoms with Crippen molar-refractivity contribution in [3.05, 3.63) is 29.3 Å². The van der Waals surface area contributed by atoms with Crippen LogP contribution in [0.3, 0.4) is 0 Å². The average Bonchev–Trinajstić information content (AvgIpc) is 2.36. The molecule has 0 spiro atoms. The van der Waals surface area contributed by atoms with Crippen molar-refractivity contribution in [3.8, 4) is 0 Å². The Balaban J connectivity index is 1.97. The minimum absolute atomic E-state index is 0.699. The topological polar surface area (TPSA) is 21.3 Å². The minimum atomic E-state index is 0.699. The molecule has 1 aromatic carbocycles. The van der Waals surface area contributed by atoms with Crippen molar-refractivity contribution in [3.63, 3.8) is 0 Å². The number of hydrogen-bond donors (Lipinski definition) is 1. The van der Waals surface area contributed by atoms with E-state index >= 15 is 0 Å². The Kier molecular flexibility index (Phi) is 4.43. The van der Waals surface area contributed by atoms with Gasteiger partial charge < -0.3 is 10.1 Å². The number of fused-ring (bicyclic) bond motifs is 1. The van der Waals surface area contributed by atoms with Crippen molar-refractivity contribution in [1.82, 2.24) is 0 Å². The van der Waals surface area contributed by atoms with Crippen molar-refractivity contribution in [2.75, 3.05) is 25.6 Å². The lowest BCUT2D eigenvalue weighted by Crippen LogP contribution is -2.12. The van der Waals surface area contributed by atoms with E-state index in [9.17, 15) is 0 Å². The minimum Gasteiger partial charge on any atom is -0.385 e. The maximum atomic E-state index is 5.13. The largest absolute Gasteiger partial charge is 0.385 e. The summed E-state index contributed by atoms with van der Waals surface area (Å²) in [7, 11) is 1.78. The first kappa shape index (κ1) is 12.4. The molecular formula is C15H23NO. The predicted octanol–water partition coefficient (Wildman–Crippen LogP) is 3.26. The average molecular weight is 233 g/mol. The third-order valence-corrected chi connectivity index (χ3v) is 3.51. The molecule has 0 amide bonds. The maximum absolute atomic E-state index is 5.13. The van der Waals surface area contributed by atoms with E-state index in [2.05, 4.69) is 30.4 Å². The van der Waals surface area contributed by atoms with Crippen LogP contribution in [0.25, 0.3) is 0 Å². The van der Waals surface area contributed by atoms with Crippen LogP contribution in [-0.4, -0.2) is 20.3 Å². The lowest BCUT2D eigenvalue weighted by Gasteiger charge is -2.19. The van der Waals surface area contributed by atoms with Crippen LogP contribution in [0, 0.1) is 5.92 Å². The molecule has 17 heavy (non-hydrogen) atoms. The molecule has 0 aromatic heterocycles. The van der Waals surface area contributed by atoms with E-state index in [1.165, 1.54) is 29.7 Å². The van der Waals surface area contributed by atoms with Gasteiger partial charge in [0.25, 0.3) is 0 Å². The molecule has 1 unspecified atom stereocenters. The van der Waals surface area contributed by atoms with E-state index < -0.39 is 0 Å². The standard InChI is InChI=1S/C15H23NO/c1-12(7-9-17-2)10-13-5-6-15-14(11-13)4-3-8-16-15/h5-6,11-12,16H,3-4,7-10H2,1-2H3. The second-order valence-corrected chi connectivity index (χ2v) is 5.11. The summed E-state index contributed by atoms with van der Waals surface area (Å²) in [5.41, 5.74) is 4.30. The summed E-state index contributed by atoms with van der Waals surface area (Å²) in [6.45, 7) is 4.29.